The van der Waals surface area contributed by atoms with Crippen LogP contribution in [0.15, 0.2) is 42.6 Å². The van der Waals surface area contributed by atoms with Gasteiger partial charge in [0, 0.05) is 11.9 Å². The molecule has 2 aromatic heterocycles. The van der Waals surface area contributed by atoms with Gasteiger partial charge in [-0.25, -0.2) is 9.78 Å². The van der Waals surface area contributed by atoms with Crippen molar-refractivity contribution < 1.29 is 14.3 Å². The fourth-order valence-corrected chi connectivity index (χ4v) is 2.86. The van der Waals surface area contributed by atoms with Gasteiger partial charge in [0.15, 0.2) is 11.8 Å². The van der Waals surface area contributed by atoms with Gasteiger partial charge in [-0.3, -0.25) is 4.79 Å². The van der Waals surface area contributed by atoms with E-state index in [1.165, 1.54) is 6.92 Å². The van der Waals surface area contributed by atoms with E-state index >= 15 is 0 Å². The number of para-hydroxylation sites is 1. The summed E-state index contributed by atoms with van der Waals surface area (Å²) >= 11 is 12.0. The highest BCUT2D eigenvalue weighted by atomic mass is 35.5. The van der Waals surface area contributed by atoms with Gasteiger partial charge in [-0.1, -0.05) is 35.3 Å². The van der Waals surface area contributed by atoms with Crippen LogP contribution in [-0.2, 0) is 9.53 Å². The fourth-order valence-electron chi connectivity index (χ4n) is 2.36. The highest BCUT2D eigenvalue weighted by molar-refractivity contribution is 6.39. The first kappa shape index (κ1) is 18.2. The Morgan fingerprint density at radius 3 is 2.46 bits per heavy atom. The van der Waals surface area contributed by atoms with Gasteiger partial charge in [-0.2, -0.15) is 0 Å². The number of rotatable bonds is 4. The highest BCUT2D eigenvalue weighted by Gasteiger charge is 2.22. The number of aryl methyl sites for hydroxylation is 1. The lowest BCUT2D eigenvalue weighted by Gasteiger charge is -2.14. The van der Waals surface area contributed by atoms with Crippen LogP contribution in [0.2, 0.25) is 10.0 Å². The third kappa shape index (κ3) is 3.66. The van der Waals surface area contributed by atoms with Crippen molar-refractivity contribution in [2.24, 2.45) is 0 Å². The second-order valence-electron chi connectivity index (χ2n) is 5.65. The Balaban J connectivity index is 1.72. The van der Waals surface area contributed by atoms with Crippen LogP contribution < -0.4 is 5.32 Å². The number of aromatic nitrogens is 2. The van der Waals surface area contributed by atoms with E-state index in [0.29, 0.717) is 15.7 Å². The zero-order valence-electron chi connectivity index (χ0n) is 14.0. The lowest BCUT2D eigenvalue weighted by Crippen LogP contribution is -2.30. The Bertz CT molecular complexity index is 980. The van der Waals surface area contributed by atoms with Gasteiger partial charge in [0.05, 0.1) is 15.7 Å². The summed E-state index contributed by atoms with van der Waals surface area (Å²) < 4.78 is 6.98. The number of fused-ring (bicyclic) bond motifs is 1. The van der Waals surface area contributed by atoms with E-state index < -0.39 is 18.0 Å². The average molecular weight is 392 g/mol. The number of amides is 1. The van der Waals surface area contributed by atoms with Gasteiger partial charge in [0.2, 0.25) is 0 Å². The zero-order chi connectivity index (χ0) is 18.8. The molecule has 1 N–H and O–H groups in total. The summed E-state index contributed by atoms with van der Waals surface area (Å²) in [5, 5.41) is 3.15. The molecule has 0 aliphatic rings. The summed E-state index contributed by atoms with van der Waals surface area (Å²) in [5.41, 5.74) is 1.94. The van der Waals surface area contributed by atoms with Crippen LogP contribution in [0.4, 0.5) is 5.69 Å². The van der Waals surface area contributed by atoms with Gasteiger partial charge in [0.1, 0.15) is 5.65 Å². The smallest absolute Gasteiger partial charge is 0.359 e. The quantitative estimate of drug-likeness (QED) is 0.678. The molecule has 0 aliphatic carbocycles. The maximum atomic E-state index is 12.3. The maximum Gasteiger partial charge on any atom is 0.359 e. The molecule has 0 spiro atoms. The molecular formula is C18H15Cl2N3O3. The minimum Gasteiger partial charge on any atom is -0.448 e. The number of nitrogens with one attached hydrogen (secondary N) is 1. The van der Waals surface area contributed by atoms with E-state index in [2.05, 4.69) is 10.3 Å². The molecule has 1 amide bonds. The number of nitrogens with zero attached hydrogens (tertiary/aromatic N) is 2. The summed E-state index contributed by atoms with van der Waals surface area (Å²) in [4.78, 5) is 28.8. The first-order valence-corrected chi connectivity index (χ1v) is 8.53. The van der Waals surface area contributed by atoms with Crippen molar-refractivity contribution in [2.75, 3.05) is 5.32 Å². The van der Waals surface area contributed by atoms with Crippen molar-refractivity contribution in [3.63, 3.8) is 0 Å². The second-order valence-corrected chi connectivity index (χ2v) is 6.47. The molecule has 0 fully saturated rings. The minimum atomic E-state index is -1.05. The molecule has 1 atom stereocenters. The standard InChI is InChI=1S/C18H15Cl2N3O3/c1-10-5-3-8-15-21-14(9-23(10)15)18(25)26-11(2)17(24)22-16-12(19)6-4-7-13(16)20/h3-9,11H,1-2H3,(H,22,24)/t11-/m0/s1. The number of carbonyl (C=O) groups is 2. The molecule has 6 nitrogen and oxygen atoms in total. The Kier molecular flexibility index (Phi) is 5.15. The number of esters is 1. The predicted octanol–water partition coefficient (Wildman–Crippen LogP) is 4.13. The number of hydrogen-bond donors (Lipinski definition) is 1. The number of carbonyl (C=O) groups excluding carboxylic acids is 2. The molecule has 3 rings (SSSR count). The Labute approximate surface area is 159 Å². The van der Waals surface area contributed by atoms with Gasteiger partial charge in [0.25, 0.3) is 5.91 Å². The van der Waals surface area contributed by atoms with Gasteiger partial charge in [-0.05, 0) is 38.1 Å². The van der Waals surface area contributed by atoms with Crippen molar-refractivity contribution in [2.45, 2.75) is 20.0 Å². The number of anilines is 1. The highest BCUT2D eigenvalue weighted by Crippen LogP contribution is 2.30. The molecule has 0 saturated carbocycles. The first-order valence-electron chi connectivity index (χ1n) is 7.77. The molecule has 134 valence electrons. The van der Waals surface area contributed by atoms with Crippen LogP contribution in [-0.4, -0.2) is 27.4 Å². The van der Waals surface area contributed by atoms with Gasteiger partial charge < -0.3 is 14.5 Å². The van der Waals surface area contributed by atoms with Gasteiger partial charge in [-0.15, -0.1) is 0 Å². The van der Waals surface area contributed by atoms with Crippen LogP contribution in [0, 0.1) is 6.92 Å². The normalized spacial score (nSPS) is 12.0. The van der Waals surface area contributed by atoms with E-state index in [-0.39, 0.29) is 11.4 Å². The monoisotopic (exact) mass is 391 g/mol. The molecule has 0 aliphatic heterocycles. The lowest BCUT2D eigenvalue weighted by molar-refractivity contribution is -0.123. The summed E-state index contributed by atoms with van der Waals surface area (Å²) in [6.45, 7) is 3.35. The molecule has 0 unspecified atom stereocenters. The molecule has 2 heterocycles. The third-order valence-electron chi connectivity index (χ3n) is 3.77. The summed E-state index contributed by atoms with van der Waals surface area (Å²) in [6.07, 6.45) is 0.517. The molecular weight excluding hydrogens is 377 g/mol. The van der Waals surface area contributed by atoms with E-state index in [1.807, 2.05) is 19.1 Å². The van der Waals surface area contributed by atoms with Crippen LogP contribution in [0.3, 0.4) is 0 Å². The summed E-state index contributed by atoms with van der Waals surface area (Å²) in [5.74, 6) is -1.24. The van der Waals surface area contributed by atoms with Crippen molar-refractivity contribution in [3.8, 4) is 0 Å². The van der Waals surface area contributed by atoms with E-state index in [9.17, 15) is 9.59 Å². The lowest BCUT2D eigenvalue weighted by atomic mass is 10.3. The number of imidazole rings is 1. The fraction of sp³-hybridized carbons (Fsp3) is 0.167. The van der Waals surface area contributed by atoms with Crippen molar-refractivity contribution in [1.29, 1.82) is 0 Å². The molecule has 26 heavy (non-hydrogen) atoms. The zero-order valence-corrected chi connectivity index (χ0v) is 15.5. The Morgan fingerprint density at radius 2 is 1.81 bits per heavy atom. The molecule has 0 bridgehead atoms. The molecule has 3 aromatic rings. The topological polar surface area (TPSA) is 72.7 Å². The molecule has 8 heteroatoms. The minimum absolute atomic E-state index is 0.120. The van der Waals surface area contributed by atoms with Crippen molar-refractivity contribution in [1.82, 2.24) is 9.38 Å². The van der Waals surface area contributed by atoms with E-state index in [0.717, 1.165) is 5.69 Å². The molecule has 0 radical (unpaired) electrons. The van der Waals surface area contributed by atoms with Gasteiger partial charge >= 0.3 is 5.97 Å². The van der Waals surface area contributed by atoms with Crippen LogP contribution in [0.1, 0.15) is 23.1 Å². The molecule has 1 aromatic carbocycles. The number of hydrogen-bond acceptors (Lipinski definition) is 4. The van der Waals surface area contributed by atoms with Crippen LogP contribution in [0.25, 0.3) is 5.65 Å². The largest absolute Gasteiger partial charge is 0.448 e. The van der Waals surface area contributed by atoms with Crippen molar-refractivity contribution >= 4 is 46.4 Å². The second kappa shape index (κ2) is 7.35. The maximum absolute atomic E-state index is 12.3. The SMILES string of the molecule is Cc1cccc2nc(C(=O)O[C@@H](C)C(=O)Nc3c(Cl)cccc3Cl)cn12. The summed E-state index contributed by atoms with van der Waals surface area (Å²) in [7, 11) is 0. The Hall–Kier alpha value is -2.57. The van der Waals surface area contributed by atoms with Crippen LogP contribution in [0.5, 0.6) is 0 Å². The van der Waals surface area contributed by atoms with Crippen LogP contribution >= 0.6 is 23.2 Å². The third-order valence-corrected chi connectivity index (χ3v) is 4.40. The number of pyridine rings is 1. The number of ether oxygens (including phenoxy) is 1. The Morgan fingerprint density at radius 1 is 1.15 bits per heavy atom. The molecule has 0 saturated heterocycles. The van der Waals surface area contributed by atoms with Crippen molar-refractivity contribution in [3.05, 3.63) is 64.0 Å². The number of halogens is 2. The van der Waals surface area contributed by atoms with E-state index in [4.69, 9.17) is 27.9 Å². The summed E-state index contributed by atoms with van der Waals surface area (Å²) in [6, 6.07) is 10.4. The predicted molar refractivity (Wildman–Crippen MR) is 99.9 cm³/mol. The average Bonchev–Trinajstić information content (AvgIpc) is 3.04. The first-order chi connectivity index (χ1) is 12.4. The van der Waals surface area contributed by atoms with E-state index in [1.54, 1.807) is 34.9 Å². The number of benzene rings is 1.